The fourth-order valence-corrected chi connectivity index (χ4v) is 3.37. The number of methoxy groups -OCH3 is 1. The van der Waals surface area contributed by atoms with Crippen molar-refractivity contribution in [3.05, 3.63) is 11.7 Å². The molecule has 116 valence electrons. The van der Waals surface area contributed by atoms with Gasteiger partial charge in [0.1, 0.15) is 11.0 Å². The quantitative estimate of drug-likeness (QED) is 0.777. The van der Waals surface area contributed by atoms with Crippen LogP contribution in [0.5, 0.6) is 0 Å². The van der Waals surface area contributed by atoms with Gasteiger partial charge in [-0.3, -0.25) is 4.79 Å². The van der Waals surface area contributed by atoms with Crippen molar-refractivity contribution >= 4 is 5.97 Å². The van der Waals surface area contributed by atoms with E-state index in [9.17, 15) is 4.79 Å². The van der Waals surface area contributed by atoms with Crippen LogP contribution >= 0.6 is 0 Å². The van der Waals surface area contributed by atoms with E-state index in [1.54, 1.807) is 7.11 Å². The van der Waals surface area contributed by atoms with Crippen LogP contribution in [-0.2, 0) is 25.3 Å². The van der Waals surface area contributed by atoms with E-state index in [4.69, 9.17) is 14.0 Å². The maximum atomic E-state index is 12.2. The molecule has 1 aromatic rings. The highest BCUT2D eigenvalue weighted by Crippen LogP contribution is 2.46. The lowest BCUT2D eigenvalue weighted by atomic mass is 9.68. The molecule has 21 heavy (non-hydrogen) atoms. The summed E-state index contributed by atoms with van der Waals surface area (Å²) in [7, 11) is 1.69. The van der Waals surface area contributed by atoms with Crippen LogP contribution in [0.4, 0.5) is 0 Å². The second-order valence-electron chi connectivity index (χ2n) is 5.98. The van der Waals surface area contributed by atoms with Crippen LogP contribution in [-0.4, -0.2) is 29.8 Å². The highest BCUT2D eigenvalue weighted by molar-refractivity contribution is 5.83. The summed E-state index contributed by atoms with van der Waals surface area (Å²) in [6.07, 6.45) is 6.40. The van der Waals surface area contributed by atoms with Gasteiger partial charge >= 0.3 is 5.97 Å². The van der Waals surface area contributed by atoms with Gasteiger partial charge in [0.05, 0.1) is 6.61 Å². The molecular formula is C15H22N2O4. The predicted octanol–water partition coefficient (Wildman–Crippen LogP) is 2.47. The van der Waals surface area contributed by atoms with Crippen LogP contribution in [0, 0.1) is 0 Å². The number of aromatic nitrogens is 2. The van der Waals surface area contributed by atoms with Gasteiger partial charge in [0.25, 0.3) is 0 Å². The Bertz CT molecular complexity index is 515. The maximum absolute atomic E-state index is 12.2. The lowest BCUT2D eigenvalue weighted by Gasteiger charge is -2.35. The van der Waals surface area contributed by atoms with Crippen molar-refractivity contribution < 1.29 is 18.8 Å². The fraction of sp³-hybridized carbons (Fsp3) is 0.800. The highest BCUT2D eigenvalue weighted by Gasteiger charge is 2.53. The lowest BCUT2D eigenvalue weighted by molar-refractivity contribution is -0.155. The number of carbonyl (C=O) groups is 1. The first-order valence-electron chi connectivity index (χ1n) is 7.74. The standard InChI is InChI=1S/C15H22N2O4/c1-3-20-13(18)14(7-6-8-14)12-16-11(17-21-12)15(19-2)9-4-5-10-15/h3-10H2,1-2H3. The van der Waals surface area contributed by atoms with Gasteiger partial charge < -0.3 is 14.0 Å². The van der Waals surface area contributed by atoms with Crippen LogP contribution in [0.1, 0.15) is 63.6 Å². The average molecular weight is 294 g/mol. The van der Waals surface area contributed by atoms with Gasteiger partial charge in [-0.15, -0.1) is 0 Å². The Balaban J connectivity index is 1.88. The number of carbonyl (C=O) groups excluding carboxylic acids is 1. The normalized spacial score (nSPS) is 22.8. The number of hydrogen-bond acceptors (Lipinski definition) is 6. The Morgan fingerprint density at radius 2 is 1.95 bits per heavy atom. The molecule has 0 saturated heterocycles. The summed E-state index contributed by atoms with van der Waals surface area (Å²) in [5.74, 6) is 0.725. The zero-order chi connectivity index (χ0) is 14.9. The minimum Gasteiger partial charge on any atom is -0.465 e. The number of esters is 1. The minimum atomic E-state index is -0.727. The van der Waals surface area contributed by atoms with Gasteiger partial charge in [0.2, 0.25) is 11.7 Å². The van der Waals surface area contributed by atoms with Crippen molar-refractivity contribution in [1.29, 1.82) is 0 Å². The van der Waals surface area contributed by atoms with Gasteiger partial charge in [-0.1, -0.05) is 11.6 Å². The summed E-state index contributed by atoms with van der Waals surface area (Å²) in [5, 5.41) is 4.11. The van der Waals surface area contributed by atoms with Gasteiger partial charge in [0.15, 0.2) is 0 Å². The molecule has 0 amide bonds. The summed E-state index contributed by atoms with van der Waals surface area (Å²) >= 11 is 0. The Morgan fingerprint density at radius 3 is 2.48 bits per heavy atom. The van der Waals surface area contributed by atoms with Gasteiger partial charge in [-0.05, 0) is 45.4 Å². The molecule has 0 unspecified atom stereocenters. The molecule has 2 aliphatic carbocycles. The Hall–Kier alpha value is -1.43. The molecular weight excluding hydrogens is 272 g/mol. The summed E-state index contributed by atoms with van der Waals surface area (Å²) in [5.41, 5.74) is -1.17. The third-order valence-electron chi connectivity index (χ3n) is 4.92. The molecule has 6 nitrogen and oxygen atoms in total. The first-order valence-corrected chi connectivity index (χ1v) is 7.74. The third kappa shape index (κ3) is 2.16. The van der Waals surface area contributed by atoms with E-state index < -0.39 is 11.0 Å². The second kappa shape index (κ2) is 5.40. The third-order valence-corrected chi connectivity index (χ3v) is 4.92. The van der Waals surface area contributed by atoms with Crippen LogP contribution < -0.4 is 0 Å². The SMILES string of the molecule is CCOC(=O)C1(c2nc(C3(OC)CCCC3)no2)CCC1. The molecule has 0 aromatic carbocycles. The van der Waals surface area contributed by atoms with Crippen molar-refractivity contribution in [2.45, 2.75) is 62.9 Å². The first-order chi connectivity index (χ1) is 10.2. The molecule has 2 saturated carbocycles. The number of nitrogens with zero attached hydrogens (tertiary/aromatic N) is 2. The molecule has 0 aliphatic heterocycles. The summed E-state index contributed by atoms with van der Waals surface area (Å²) < 4.78 is 16.3. The summed E-state index contributed by atoms with van der Waals surface area (Å²) in [6.45, 7) is 2.17. The van der Waals surface area contributed by atoms with E-state index in [0.717, 1.165) is 32.1 Å². The monoisotopic (exact) mass is 294 g/mol. The van der Waals surface area contributed by atoms with Crippen molar-refractivity contribution in [1.82, 2.24) is 10.1 Å². The largest absolute Gasteiger partial charge is 0.465 e. The van der Waals surface area contributed by atoms with E-state index in [0.29, 0.717) is 31.2 Å². The summed E-state index contributed by atoms with van der Waals surface area (Å²) in [6, 6.07) is 0. The van der Waals surface area contributed by atoms with E-state index in [-0.39, 0.29) is 5.97 Å². The average Bonchev–Trinajstić information content (AvgIpc) is 3.07. The zero-order valence-corrected chi connectivity index (χ0v) is 12.7. The fourth-order valence-electron chi connectivity index (χ4n) is 3.37. The molecule has 2 aliphatic rings. The molecule has 1 aromatic heterocycles. The van der Waals surface area contributed by atoms with Gasteiger partial charge in [-0.25, -0.2) is 0 Å². The molecule has 0 atom stereocenters. The molecule has 0 spiro atoms. The molecule has 6 heteroatoms. The smallest absolute Gasteiger partial charge is 0.321 e. The van der Waals surface area contributed by atoms with Gasteiger partial charge in [0, 0.05) is 7.11 Å². The van der Waals surface area contributed by atoms with Crippen molar-refractivity contribution in [3.8, 4) is 0 Å². The topological polar surface area (TPSA) is 74.5 Å². The van der Waals surface area contributed by atoms with E-state index >= 15 is 0 Å². The number of ether oxygens (including phenoxy) is 2. The van der Waals surface area contributed by atoms with Crippen LogP contribution in [0.15, 0.2) is 4.52 Å². The maximum Gasteiger partial charge on any atom is 0.321 e. The molecule has 1 heterocycles. The molecule has 0 bridgehead atoms. The van der Waals surface area contributed by atoms with E-state index in [1.807, 2.05) is 6.92 Å². The lowest BCUT2D eigenvalue weighted by Crippen LogP contribution is -2.44. The number of hydrogen-bond donors (Lipinski definition) is 0. The second-order valence-corrected chi connectivity index (χ2v) is 5.98. The van der Waals surface area contributed by atoms with Gasteiger partial charge in [-0.2, -0.15) is 4.98 Å². The molecule has 3 rings (SSSR count). The Morgan fingerprint density at radius 1 is 1.24 bits per heavy atom. The van der Waals surface area contributed by atoms with Crippen molar-refractivity contribution in [3.63, 3.8) is 0 Å². The molecule has 2 fully saturated rings. The molecule has 0 radical (unpaired) electrons. The van der Waals surface area contributed by atoms with Crippen LogP contribution in [0.3, 0.4) is 0 Å². The van der Waals surface area contributed by atoms with Crippen molar-refractivity contribution in [2.75, 3.05) is 13.7 Å². The minimum absolute atomic E-state index is 0.246. The zero-order valence-electron chi connectivity index (χ0n) is 12.7. The van der Waals surface area contributed by atoms with E-state index in [1.165, 1.54) is 0 Å². The van der Waals surface area contributed by atoms with Crippen LogP contribution in [0.25, 0.3) is 0 Å². The van der Waals surface area contributed by atoms with Crippen LogP contribution in [0.2, 0.25) is 0 Å². The van der Waals surface area contributed by atoms with E-state index in [2.05, 4.69) is 10.1 Å². The highest BCUT2D eigenvalue weighted by atomic mass is 16.5. The Labute approximate surface area is 124 Å². The first kappa shape index (κ1) is 14.5. The number of rotatable bonds is 5. The predicted molar refractivity (Wildman–Crippen MR) is 73.6 cm³/mol. The molecule has 0 N–H and O–H groups in total. The summed E-state index contributed by atoms with van der Waals surface area (Å²) in [4.78, 5) is 16.8. The van der Waals surface area contributed by atoms with Crippen molar-refractivity contribution in [2.24, 2.45) is 0 Å². The Kier molecular flexibility index (Phi) is 3.73.